The first kappa shape index (κ1) is 11.4. The van der Waals surface area contributed by atoms with Crippen molar-refractivity contribution < 1.29 is 4.74 Å². The zero-order valence-electron chi connectivity index (χ0n) is 9.60. The van der Waals surface area contributed by atoms with Gasteiger partial charge in [-0.05, 0) is 6.07 Å². The van der Waals surface area contributed by atoms with Gasteiger partial charge in [-0.3, -0.25) is 4.98 Å². The van der Waals surface area contributed by atoms with E-state index < -0.39 is 0 Å². The number of nitriles is 1. The minimum atomic E-state index is 0.555. The van der Waals surface area contributed by atoms with E-state index in [4.69, 9.17) is 10.00 Å². The molecule has 0 bridgehead atoms. The predicted octanol–water partition coefficient (Wildman–Crippen LogP) is 2.16. The molecule has 0 aliphatic carbocycles. The van der Waals surface area contributed by atoms with Crippen LogP contribution in [0.3, 0.4) is 0 Å². The summed E-state index contributed by atoms with van der Waals surface area (Å²) in [7, 11) is 1.65. The number of methoxy groups -OCH3 is 1. The topological polar surface area (TPSA) is 57.9 Å². The molecule has 1 aromatic heterocycles. The van der Waals surface area contributed by atoms with Gasteiger partial charge in [0, 0.05) is 25.2 Å². The number of para-hydroxylation sites is 1. The molecule has 17 heavy (non-hydrogen) atoms. The molecule has 1 aromatic carbocycles. The molecule has 0 spiro atoms. The second kappa shape index (κ2) is 5.28. The van der Waals surface area contributed by atoms with Gasteiger partial charge < -0.3 is 10.1 Å². The van der Waals surface area contributed by atoms with Gasteiger partial charge in [-0.15, -0.1) is 0 Å². The van der Waals surface area contributed by atoms with E-state index in [9.17, 15) is 0 Å². The highest BCUT2D eigenvalue weighted by Gasteiger charge is 2.07. The minimum absolute atomic E-state index is 0.555. The van der Waals surface area contributed by atoms with Gasteiger partial charge in [-0.2, -0.15) is 5.26 Å². The van der Waals surface area contributed by atoms with E-state index in [1.54, 1.807) is 13.3 Å². The molecule has 2 rings (SSSR count). The third kappa shape index (κ3) is 2.35. The second-order valence-electron chi connectivity index (χ2n) is 3.60. The van der Waals surface area contributed by atoms with Gasteiger partial charge in [0.2, 0.25) is 0 Å². The van der Waals surface area contributed by atoms with E-state index in [0.717, 1.165) is 16.6 Å². The van der Waals surface area contributed by atoms with Crippen molar-refractivity contribution in [1.82, 2.24) is 4.98 Å². The van der Waals surface area contributed by atoms with Crippen molar-refractivity contribution >= 4 is 16.6 Å². The molecular weight excluding hydrogens is 214 g/mol. The molecule has 0 saturated carbocycles. The highest BCUT2D eigenvalue weighted by molar-refractivity contribution is 5.93. The number of hydrogen-bond donors (Lipinski definition) is 1. The Kier molecular flexibility index (Phi) is 3.53. The van der Waals surface area contributed by atoms with Crippen LogP contribution in [0.15, 0.2) is 30.5 Å². The van der Waals surface area contributed by atoms with Crippen molar-refractivity contribution in [3.05, 3.63) is 36.0 Å². The Hall–Kier alpha value is -2.12. The van der Waals surface area contributed by atoms with Crippen LogP contribution in [-0.2, 0) is 4.74 Å². The van der Waals surface area contributed by atoms with Gasteiger partial charge in [0.15, 0.2) is 0 Å². The van der Waals surface area contributed by atoms with Gasteiger partial charge in [-0.1, -0.05) is 18.2 Å². The van der Waals surface area contributed by atoms with Gasteiger partial charge in [0.05, 0.1) is 23.4 Å². The quantitative estimate of drug-likeness (QED) is 0.813. The minimum Gasteiger partial charge on any atom is -0.383 e. The number of benzene rings is 1. The Balaban J connectivity index is 2.45. The molecule has 0 amide bonds. The van der Waals surface area contributed by atoms with Gasteiger partial charge in [0.1, 0.15) is 6.07 Å². The van der Waals surface area contributed by atoms with Crippen molar-refractivity contribution in [1.29, 1.82) is 5.26 Å². The Morgan fingerprint density at radius 2 is 2.24 bits per heavy atom. The third-order valence-electron chi connectivity index (χ3n) is 2.50. The molecule has 2 aromatic rings. The lowest BCUT2D eigenvalue weighted by atomic mass is 10.1. The second-order valence-corrected chi connectivity index (χ2v) is 3.60. The van der Waals surface area contributed by atoms with Crippen molar-refractivity contribution in [2.24, 2.45) is 0 Å². The van der Waals surface area contributed by atoms with Crippen molar-refractivity contribution in [3.63, 3.8) is 0 Å². The van der Waals surface area contributed by atoms with Crippen molar-refractivity contribution in [2.45, 2.75) is 0 Å². The summed E-state index contributed by atoms with van der Waals surface area (Å²) in [5.74, 6) is 0. The average molecular weight is 227 g/mol. The molecule has 4 heteroatoms. The van der Waals surface area contributed by atoms with Crippen LogP contribution < -0.4 is 5.32 Å². The SMILES string of the molecule is COCCNc1c(C#N)cnc2ccccc12. The fourth-order valence-electron chi connectivity index (χ4n) is 1.69. The van der Waals surface area contributed by atoms with Crippen molar-refractivity contribution in [2.75, 3.05) is 25.6 Å². The van der Waals surface area contributed by atoms with E-state index in [0.29, 0.717) is 18.7 Å². The van der Waals surface area contributed by atoms with E-state index in [1.807, 2.05) is 24.3 Å². The summed E-state index contributed by atoms with van der Waals surface area (Å²) in [6.45, 7) is 1.26. The molecule has 0 aliphatic rings. The normalized spacial score (nSPS) is 10.1. The molecule has 0 radical (unpaired) electrons. The van der Waals surface area contributed by atoms with Crippen LogP contribution in [0.2, 0.25) is 0 Å². The Bertz CT molecular complexity index is 560. The fourth-order valence-corrected chi connectivity index (χ4v) is 1.69. The average Bonchev–Trinajstić information content (AvgIpc) is 2.39. The molecule has 1 heterocycles. The standard InChI is InChI=1S/C13H13N3O/c1-17-7-6-15-13-10(8-14)9-16-12-5-3-2-4-11(12)13/h2-5,9H,6-7H2,1H3,(H,15,16). The number of ether oxygens (including phenoxy) is 1. The van der Waals surface area contributed by atoms with Gasteiger partial charge >= 0.3 is 0 Å². The zero-order valence-corrected chi connectivity index (χ0v) is 9.60. The molecule has 0 unspecified atom stereocenters. The van der Waals surface area contributed by atoms with E-state index in [2.05, 4.69) is 16.4 Å². The van der Waals surface area contributed by atoms with Gasteiger partial charge in [0.25, 0.3) is 0 Å². The van der Waals surface area contributed by atoms with E-state index >= 15 is 0 Å². The number of anilines is 1. The Morgan fingerprint density at radius 1 is 1.41 bits per heavy atom. The lowest BCUT2D eigenvalue weighted by Crippen LogP contribution is -2.09. The first-order chi connectivity index (χ1) is 8.36. The molecule has 0 aliphatic heterocycles. The summed E-state index contributed by atoms with van der Waals surface area (Å²) >= 11 is 0. The maximum Gasteiger partial charge on any atom is 0.103 e. The Morgan fingerprint density at radius 3 is 3.00 bits per heavy atom. The zero-order chi connectivity index (χ0) is 12.1. The summed E-state index contributed by atoms with van der Waals surface area (Å²) in [4.78, 5) is 4.25. The van der Waals surface area contributed by atoms with Crippen LogP contribution >= 0.6 is 0 Å². The number of fused-ring (bicyclic) bond motifs is 1. The van der Waals surface area contributed by atoms with E-state index in [-0.39, 0.29) is 0 Å². The van der Waals surface area contributed by atoms with Crippen LogP contribution in [0.1, 0.15) is 5.56 Å². The lowest BCUT2D eigenvalue weighted by molar-refractivity contribution is 0.211. The molecule has 4 nitrogen and oxygen atoms in total. The first-order valence-electron chi connectivity index (χ1n) is 5.37. The lowest BCUT2D eigenvalue weighted by Gasteiger charge is -2.10. The smallest absolute Gasteiger partial charge is 0.103 e. The molecular formula is C13H13N3O. The maximum atomic E-state index is 9.07. The predicted molar refractivity (Wildman–Crippen MR) is 66.8 cm³/mol. The first-order valence-corrected chi connectivity index (χ1v) is 5.37. The summed E-state index contributed by atoms with van der Waals surface area (Å²) in [5, 5.41) is 13.3. The van der Waals surface area contributed by atoms with E-state index in [1.165, 1.54) is 0 Å². The Labute approximate surface area is 99.8 Å². The molecule has 0 fully saturated rings. The van der Waals surface area contributed by atoms with Crippen LogP contribution in [0, 0.1) is 11.3 Å². The summed E-state index contributed by atoms with van der Waals surface area (Å²) in [5.41, 5.74) is 2.27. The highest BCUT2D eigenvalue weighted by atomic mass is 16.5. The number of pyridine rings is 1. The van der Waals surface area contributed by atoms with Gasteiger partial charge in [-0.25, -0.2) is 0 Å². The van der Waals surface area contributed by atoms with Crippen LogP contribution in [0.4, 0.5) is 5.69 Å². The number of rotatable bonds is 4. The fraction of sp³-hybridized carbons (Fsp3) is 0.231. The molecule has 0 saturated heterocycles. The monoisotopic (exact) mass is 227 g/mol. The van der Waals surface area contributed by atoms with Crippen LogP contribution in [0.5, 0.6) is 0 Å². The van der Waals surface area contributed by atoms with Crippen LogP contribution in [-0.4, -0.2) is 25.2 Å². The number of aromatic nitrogens is 1. The molecule has 0 atom stereocenters. The van der Waals surface area contributed by atoms with Crippen LogP contribution in [0.25, 0.3) is 10.9 Å². The molecule has 1 N–H and O–H groups in total. The maximum absolute atomic E-state index is 9.07. The number of hydrogen-bond acceptors (Lipinski definition) is 4. The summed E-state index contributed by atoms with van der Waals surface area (Å²) in [6, 6.07) is 9.90. The number of nitrogens with zero attached hydrogens (tertiary/aromatic N) is 2. The van der Waals surface area contributed by atoms with Crippen molar-refractivity contribution in [3.8, 4) is 6.07 Å². The molecule has 86 valence electrons. The third-order valence-corrected chi connectivity index (χ3v) is 2.50. The largest absolute Gasteiger partial charge is 0.383 e. The number of nitrogens with one attached hydrogen (secondary N) is 1. The highest BCUT2D eigenvalue weighted by Crippen LogP contribution is 2.24. The summed E-state index contributed by atoms with van der Waals surface area (Å²) in [6.07, 6.45) is 1.59. The summed E-state index contributed by atoms with van der Waals surface area (Å²) < 4.78 is 4.99.